The quantitative estimate of drug-likeness (QED) is 0.686. The van der Waals surface area contributed by atoms with Crippen molar-refractivity contribution in [2.45, 2.75) is 26.0 Å². The minimum Gasteiger partial charge on any atom is -0.375 e. The summed E-state index contributed by atoms with van der Waals surface area (Å²) >= 11 is 0. The molecule has 0 bridgehead atoms. The van der Waals surface area contributed by atoms with Gasteiger partial charge in [-0.05, 0) is 13.5 Å². The van der Waals surface area contributed by atoms with Gasteiger partial charge in [0.1, 0.15) is 6.04 Å². The summed E-state index contributed by atoms with van der Waals surface area (Å²) in [7, 11) is 0. The van der Waals surface area contributed by atoms with Gasteiger partial charge in [-0.3, -0.25) is 9.69 Å². The van der Waals surface area contributed by atoms with E-state index >= 15 is 0 Å². The summed E-state index contributed by atoms with van der Waals surface area (Å²) < 4.78 is 5.49. The van der Waals surface area contributed by atoms with Crippen LogP contribution in [0.25, 0.3) is 0 Å². The third kappa shape index (κ3) is 4.41. The van der Waals surface area contributed by atoms with Crippen molar-refractivity contribution in [2.75, 3.05) is 59.0 Å². The maximum Gasteiger partial charge on any atom is 0.239 e. The van der Waals surface area contributed by atoms with Gasteiger partial charge in [0.2, 0.25) is 5.91 Å². The smallest absolute Gasteiger partial charge is 0.239 e. The van der Waals surface area contributed by atoms with Crippen LogP contribution in [0.1, 0.15) is 13.8 Å². The Balaban J connectivity index is 1.62. The number of morpholine rings is 1. The zero-order valence-electron chi connectivity index (χ0n) is 12.7. The molecule has 6 heteroatoms. The van der Waals surface area contributed by atoms with E-state index in [0.717, 1.165) is 52.4 Å². The molecule has 2 atom stereocenters. The first-order chi connectivity index (χ1) is 9.70. The van der Waals surface area contributed by atoms with Gasteiger partial charge in [0.05, 0.1) is 12.7 Å². The Kier molecular flexibility index (Phi) is 6.22. The molecule has 20 heavy (non-hydrogen) atoms. The van der Waals surface area contributed by atoms with E-state index in [1.807, 2.05) is 6.92 Å². The number of carbonyl (C=O) groups excluding carboxylic acids is 1. The maximum absolute atomic E-state index is 12.1. The van der Waals surface area contributed by atoms with E-state index in [0.29, 0.717) is 6.61 Å². The van der Waals surface area contributed by atoms with Crippen molar-refractivity contribution in [1.82, 2.24) is 20.4 Å². The Morgan fingerprint density at radius 1 is 1.30 bits per heavy atom. The van der Waals surface area contributed by atoms with E-state index in [2.05, 4.69) is 27.4 Å². The molecule has 0 radical (unpaired) electrons. The van der Waals surface area contributed by atoms with Crippen LogP contribution in [0.5, 0.6) is 0 Å². The highest BCUT2D eigenvalue weighted by Gasteiger charge is 2.28. The van der Waals surface area contributed by atoms with E-state index < -0.39 is 0 Å². The molecule has 2 fully saturated rings. The number of likely N-dealkylation sites (N-methyl/N-ethyl adjacent to an activating group) is 1. The number of ether oxygens (including phenoxy) is 1. The molecule has 2 aliphatic heterocycles. The summed E-state index contributed by atoms with van der Waals surface area (Å²) in [4.78, 5) is 16.9. The van der Waals surface area contributed by atoms with Crippen LogP contribution in [0.4, 0.5) is 0 Å². The monoisotopic (exact) mass is 284 g/mol. The first-order valence-electron chi connectivity index (χ1n) is 7.78. The van der Waals surface area contributed by atoms with Crippen LogP contribution in [0, 0.1) is 0 Å². The van der Waals surface area contributed by atoms with Crippen LogP contribution in [0.2, 0.25) is 0 Å². The SMILES string of the molecule is CCN1CCN(CCNC(=O)[C@H]2NCCO[C@@H]2C)CC1. The molecular formula is C14H28N4O2. The van der Waals surface area contributed by atoms with Crippen molar-refractivity contribution in [2.24, 2.45) is 0 Å². The standard InChI is InChI=1S/C14H28N4O2/c1-3-17-7-9-18(10-8-17)6-4-16-14(19)13-12(2)20-11-5-15-13/h12-13,15H,3-11H2,1-2H3,(H,16,19)/t12-,13+/m1/s1. The molecular weight excluding hydrogens is 256 g/mol. The second-order valence-electron chi connectivity index (χ2n) is 5.57. The highest BCUT2D eigenvalue weighted by molar-refractivity contribution is 5.82. The second kappa shape index (κ2) is 7.93. The Labute approximate surface area is 121 Å². The normalized spacial score (nSPS) is 29.3. The minimum atomic E-state index is -0.208. The predicted molar refractivity (Wildman–Crippen MR) is 78.8 cm³/mol. The molecule has 0 spiro atoms. The molecule has 0 aromatic rings. The molecule has 2 rings (SSSR count). The Morgan fingerprint density at radius 2 is 2.00 bits per heavy atom. The van der Waals surface area contributed by atoms with Crippen molar-refractivity contribution in [1.29, 1.82) is 0 Å². The van der Waals surface area contributed by atoms with Crippen LogP contribution in [0.15, 0.2) is 0 Å². The van der Waals surface area contributed by atoms with Crippen molar-refractivity contribution >= 4 is 5.91 Å². The fourth-order valence-corrected chi connectivity index (χ4v) is 2.80. The summed E-state index contributed by atoms with van der Waals surface area (Å²) in [6.07, 6.45) is -0.0446. The van der Waals surface area contributed by atoms with E-state index in [1.54, 1.807) is 0 Å². The molecule has 2 saturated heterocycles. The van der Waals surface area contributed by atoms with Crippen molar-refractivity contribution in [3.63, 3.8) is 0 Å². The van der Waals surface area contributed by atoms with Gasteiger partial charge >= 0.3 is 0 Å². The van der Waals surface area contributed by atoms with Crippen LogP contribution < -0.4 is 10.6 Å². The number of hydrogen-bond donors (Lipinski definition) is 2. The molecule has 0 saturated carbocycles. The molecule has 116 valence electrons. The zero-order chi connectivity index (χ0) is 14.4. The lowest BCUT2D eigenvalue weighted by atomic mass is 10.1. The summed E-state index contributed by atoms with van der Waals surface area (Å²) in [6, 6.07) is -0.208. The predicted octanol–water partition coefficient (Wildman–Crippen LogP) is -0.883. The van der Waals surface area contributed by atoms with E-state index in [1.165, 1.54) is 0 Å². The molecule has 2 aliphatic rings. The Bertz CT molecular complexity index is 306. The Morgan fingerprint density at radius 3 is 2.65 bits per heavy atom. The summed E-state index contributed by atoms with van der Waals surface area (Å²) in [5.41, 5.74) is 0. The lowest BCUT2D eigenvalue weighted by Crippen LogP contribution is -2.56. The van der Waals surface area contributed by atoms with Crippen LogP contribution in [0.3, 0.4) is 0 Å². The van der Waals surface area contributed by atoms with Gasteiger partial charge in [-0.2, -0.15) is 0 Å². The molecule has 6 nitrogen and oxygen atoms in total. The largest absolute Gasteiger partial charge is 0.375 e. The van der Waals surface area contributed by atoms with Gasteiger partial charge in [0.25, 0.3) is 0 Å². The lowest BCUT2D eigenvalue weighted by Gasteiger charge is -2.34. The first kappa shape index (κ1) is 15.7. The van der Waals surface area contributed by atoms with E-state index in [9.17, 15) is 4.79 Å². The number of nitrogens with zero attached hydrogens (tertiary/aromatic N) is 2. The van der Waals surface area contributed by atoms with Gasteiger partial charge in [0, 0.05) is 45.8 Å². The molecule has 0 unspecified atom stereocenters. The van der Waals surface area contributed by atoms with E-state index in [4.69, 9.17) is 4.74 Å². The highest BCUT2D eigenvalue weighted by Crippen LogP contribution is 2.04. The van der Waals surface area contributed by atoms with Crippen LogP contribution in [-0.2, 0) is 9.53 Å². The van der Waals surface area contributed by atoms with Gasteiger partial charge in [-0.15, -0.1) is 0 Å². The fourth-order valence-electron chi connectivity index (χ4n) is 2.80. The zero-order valence-corrected chi connectivity index (χ0v) is 12.7. The average Bonchev–Trinajstić information content (AvgIpc) is 2.48. The number of carbonyl (C=O) groups is 1. The van der Waals surface area contributed by atoms with Gasteiger partial charge in [-0.25, -0.2) is 0 Å². The number of nitrogens with one attached hydrogen (secondary N) is 2. The minimum absolute atomic E-state index is 0.0446. The summed E-state index contributed by atoms with van der Waals surface area (Å²) in [5.74, 6) is 0.0596. The van der Waals surface area contributed by atoms with Gasteiger partial charge in [-0.1, -0.05) is 6.92 Å². The highest BCUT2D eigenvalue weighted by atomic mass is 16.5. The van der Waals surface area contributed by atoms with Crippen LogP contribution in [-0.4, -0.2) is 86.8 Å². The summed E-state index contributed by atoms with van der Waals surface area (Å²) in [5, 5.41) is 6.23. The third-order valence-corrected chi connectivity index (χ3v) is 4.24. The topological polar surface area (TPSA) is 56.8 Å². The van der Waals surface area contributed by atoms with Crippen molar-refractivity contribution < 1.29 is 9.53 Å². The van der Waals surface area contributed by atoms with Crippen LogP contribution >= 0.6 is 0 Å². The molecule has 2 N–H and O–H groups in total. The number of rotatable bonds is 5. The molecule has 0 aromatic carbocycles. The summed E-state index contributed by atoms with van der Waals surface area (Å²) in [6.45, 7) is 12.9. The lowest BCUT2D eigenvalue weighted by molar-refractivity contribution is -0.129. The third-order valence-electron chi connectivity index (χ3n) is 4.24. The van der Waals surface area contributed by atoms with Gasteiger partial charge < -0.3 is 20.3 Å². The average molecular weight is 284 g/mol. The molecule has 1 amide bonds. The maximum atomic E-state index is 12.1. The fraction of sp³-hybridized carbons (Fsp3) is 0.929. The van der Waals surface area contributed by atoms with Crippen molar-refractivity contribution in [3.8, 4) is 0 Å². The number of piperazine rings is 1. The van der Waals surface area contributed by atoms with Gasteiger partial charge in [0.15, 0.2) is 0 Å². The molecule has 0 aliphatic carbocycles. The number of hydrogen-bond acceptors (Lipinski definition) is 5. The van der Waals surface area contributed by atoms with E-state index in [-0.39, 0.29) is 18.1 Å². The second-order valence-corrected chi connectivity index (χ2v) is 5.57. The number of amides is 1. The van der Waals surface area contributed by atoms with Crippen molar-refractivity contribution in [3.05, 3.63) is 0 Å². The molecule has 2 heterocycles. The first-order valence-corrected chi connectivity index (χ1v) is 7.78. The Hall–Kier alpha value is -0.690. The molecule has 0 aromatic heterocycles.